The molecule has 3 aromatic rings. The van der Waals surface area contributed by atoms with Crippen molar-refractivity contribution in [2.75, 3.05) is 25.6 Å². The van der Waals surface area contributed by atoms with Crippen molar-refractivity contribution in [2.45, 2.75) is 33.0 Å². The van der Waals surface area contributed by atoms with E-state index in [2.05, 4.69) is 15.0 Å². The summed E-state index contributed by atoms with van der Waals surface area (Å²) in [5.41, 5.74) is 3.27. The van der Waals surface area contributed by atoms with Gasteiger partial charge < -0.3 is 24.3 Å². The lowest BCUT2D eigenvalue weighted by molar-refractivity contribution is -0.145. The SMILES string of the molecule is CCO[C@@H](CC(=O)OC)c1ccc(OCc2ccc(Cl)c(-c3ccc(NC(=O)COC(C)=O)nc3)c2)cc1. The Kier molecular flexibility index (Phi) is 10.6. The minimum absolute atomic E-state index is 0.134. The van der Waals surface area contributed by atoms with Gasteiger partial charge in [-0.15, -0.1) is 0 Å². The maximum atomic E-state index is 11.8. The van der Waals surface area contributed by atoms with Crippen LogP contribution in [0.3, 0.4) is 0 Å². The van der Waals surface area contributed by atoms with E-state index in [-0.39, 0.29) is 25.1 Å². The molecule has 2 aromatic carbocycles. The normalized spacial score (nSPS) is 11.4. The first-order valence-corrected chi connectivity index (χ1v) is 12.3. The third-order valence-corrected chi connectivity index (χ3v) is 5.71. The number of carbonyl (C=O) groups is 3. The van der Waals surface area contributed by atoms with E-state index in [1.165, 1.54) is 14.0 Å². The van der Waals surface area contributed by atoms with E-state index in [0.717, 1.165) is 22.3 Å². The molecule has 1 aromatic heterocycles. The van der Waals surface area contributed by atoms with Crippen LogP contribution in [0.2, 0.25) is 5.02 Å². The Morgan fingerprint density at radius 2 is 1.82 bits per heavy atom. The first kappa shape index (κ1) is 28.6. The zero-order chi connectivity index (χ0) is 27.5. The molecule has 0 aliphatic carbocycles. The number of hydrogen-bond acceptors (Lipinski definition) is 8. The Morgan fingerprint density at radius 3 is 2.45 bits per heavy atom. The van der Waals surface area contributed by atoms with Crippen LogP contribution in [0.15, 0.2) is 60.8 Å². The number of esters is 2. The molecule has 0 aliphatic rings. The first-order valence-electron chi connectivity index (χ1n) is 11.9. The van der Waals surface area contributed by atoms with Crippen LogP contribution in [-0.2, 0) is 35.2 Å². The summed E-state index contributed by atoms with van der Waals surface area (Å²) in [6.07, 6.45) is 1.34. The fraction of sp³-hybridized carbons (Fsp3) is 0.286. The van der Waals surface area contributed by atoms with E-state index in [0.29, 0.717) is 29.8 Å². The highest BCUT2D eigenvalue weighted by Crippen LogP contribution is 2.30. The zero-order valence-corrected chi connectivity index (χ0v) is 22.1. The van der Waals surface area contributed by atoms with E-state index >= 15 is 0 Å². The van der Waals surface area contributed by atoms with Gasteiger partial charge in [-0.2, -0.15) is 0 Å². The molecule has 1 N–H and O–H groups in total. The number of nitrogens with one attached hydrogen (secondary N) is 1. The smallest absolute Gasteiger partial charge is 0.308 e. The number of rotatable bonds is 12. The quantitative estimate of drug-likeness (QED) is 0.315. The number of aromatic nitrogens is 1. The van der Waals surface area contributed by atoms with Crippen LogP contribution >= 0.6 is 11.6 Å². The van der Waals surface area contributed by atoms with Crippen LogP contribution in [0.4, 0.5) is 5.82 Å². The number of pyridine rings is 1. The summed E-state index contributed by atoms with van der Waals surface area (Å²) in [6.45, 7) is 3.50. The maximum Gasteiger partial charge on any atom is 0.308 e. The number of carbonyl (C=O) groups excluding carboxylic acids is 3. The Hall–Kier alpha value is -3.95. The van der Waals surface area contributed by atoms with Crippen molar-refractivity contribution >= 4 is 35.3 Å². The highest BCUT2D eigenvalue weighted by atomic mass is 35.5. The monoisotopic (exact) mass is 540 g/mol. The topological polar surface area (TPSA) is 113 Å². The van der Waals surface area contributed by atoms with Crippen molar-refractivity contribution in [3.8, 4) is 16.9 Å². The molecule has 200 valence electrons. The lowest BCUT2D eigenvalue weighted by atomic mass is 10.0. The Morgan fingerprint density at radius 1 is 1.05 bits per heavy atom. The Bertz CT molecular complexity index is 1250. The zero-order valence-electron chi connectivity index (χ0n) is 21.4. The molecule has 10 heteroatoms. The number of methoxy groups -OCH3 is 1. The third-order valence-electron chi connectivity index (χ3n) is 5.38. The van der Waals surface area contributed by atoms with Crippen molar-refractivity contribution < 1.29 is 33.3 Å². The average Bonchev–Trinajstić information content (AvgIpc) is 2.92. The number of amides is 1. The van der Waals surface area contributed by atoms with Crippen LogP contribution in [-0.4, -0.2) is 43.2 Å². The summed E-state index contributed by atoms with van der Waals surface area (Å²) in [6, 6.07) is 16.4. The number of halogens is 1. The van der Waals surface area contributed by atoms with Gasteiger partial charge >= 0.3 is 11.9 Å². The van der Waals surface area contributed by atoms with E-state index in [4.69, 9.17) is 25.8 Å². The molecule has 0 saturated carbocycles. The molecule has 0 aliphatic heterocycles. The molecule has 1 amide bonds. The van der Waals surface area contributed by atoms with Gasteiger partial charge in [0, 0.05) is 35.9 Å². The first-order chi connectivity index (χ1) is 18.3. The fourth-order valence-electron chi connectivity index (χ4n) is 3.51. The highest BCUT2D eigenvalue weighted by molar-refractivity contribution is 6.33. The van der Waals surface area contributed by atoms with Crippen LogP contribution in [0, 0.1) is 0 Å². The van der Waals surface area contributed by atoms with Crippen LogP contribution in [0.5, 0.6) is 5.75 Å². The van der Waals surface area contributed by atoms with Crippen LogP contribution in [0.25, 0.3) is 11.1 Å². The summed E-state index contributed by atoms with van der Waals surface area (Å²) < 4.78 is 21.1. The lowest BCUT2D eigenvalue weighted by Gasteiger charge is -2.17. The van der Waals surface area contributed by atoms with Crippen molar-refractivity contribution in [3.05, 3.63) is 76.9 Å². The second-order valence-electron chi connectivity index (χ2n) is 8.16. The second-order valence-corrected chi connectivity index (χ2v) is 8.56. The molecule has 0 saturated heterocycles. The van der Waals surface area contributed by atoms with Gasteiger partial charge in [-0.25, -0.2) is 4.98 Å². The number of anilines is 1. The molecule has 0 spiro atoms. The minimum atomic E-state index is -0.537. The predicted molar refractivity (Wildman–Crippen MR) is 142 cm³/mol. The molecule has 0 bridgehead atoms. The molecule has 0 fully saturated rings. The van der Waals surface area contributed by atoms with Gasteiger partial charge in [-0.3, -0.25) is 14.4 Å². The van der Waals surface area contributed by atoms with Crippen molar-refractivity contribution in [3.63, 3.8) is 0 Å². The standard InChI is InChI=1S/C28H29ClN2O7/c1-4-36-25(14-28(34)35-3)20-6-9-22(10-7-20)38-16-19-5-11-24(29)23(13-19)21-8-12-26(30-15-21)31-27(33)17-37-18(2)32/h5-13,15,25H,4,14,16-17H2,1-3H3,(H,30,31,33)/t25-/m0/s1. The van der Waals surface area contributed by atoms with Crippen molar-refractivity contribution in [2.24, 2.45) is 0 Å². The van der Waals surface area contributed by atoms with E-state index in [9.17, 15) is 14.4 Å². The predicted octanol–water partition coefficient (Wildman–Crippen LogP) is 5.12. The summed E-state index contributed by atoms with van der Waals surface area (Å²) >= 11 is 6.43. The lowest BCUT2D eigenvalue weighted by Crippen LogP contribution is -2.20. The minimum Gasteiger partial charge on any atom is -0.489 e. The molecule has 0 unspecified atom stereocenters. The number of benzene rings is 2. The van der Waals surface area contributed by atoms with E-state index in [1.54, 1.807) is 24.4 Å². The van der Waals surface area contributed by atoms with Crippen molar-refractivity contribution in [1.82, 2.24) is 4.98 Å². The van der Waals surface area contributed by atoms with Crippen LogP contribution in [0.1, 0.15) is 37.5 Å². The van der Waals surface area contributed by atoms with Gasteiger partial charge in [-0.05, 0) is 54.4 Å². The Balaban J connectivity index is 1.63. The van der Waals surface area contributed by atoms with E-state index < -0.39 is 11.9 Å². The molecule has 9 nitrogen and oxygen atoms in total. The van der Waals surface area contributed by atoms with Gasteiger partial charge in [-0.1, -0.05) is 29.8 Å². The van der Waals surface area contributed by atoms with Gasteiger partial charge in [0.05, 0.1) is 19.6 Å². The van der Waals surface area contributed by atoms with Gasteiger partial charge in [0.25, 0.3) is 5.91 Å². The summed E-state index contributed by atoms with van der Waals surface area (Å²) in [4.78, 5) is 38.6. The van der Waals surface area contributed by atoms with Gasteiger partial charge in [0.2, 0.25) is 0 Å². The molecular weight excluding hydrogens is 512 g/mol. The molecule has 3 rings (SSSR count). The number of nitrogens with zero attached hydrogens (tertiary/aromatic N) is 1. The largest absolute Gasteiger partial charge is 0.489 e. The summed E-state index contributed by atoms with van der Waals surface area (Å²) in [5.74, 6) is -0.374. The highest BCUT2D eigenvalue weighted by Gasteiger charge is 2.17. The van der Waals surface area contributed by atoms with Crippen LogP contribution < -0.4 is 10.1 Å². The Labute approximate surface area is 226 Å². The number of ether oxygens (including phenoxy) is 4. The maximum absolute atomic E-state index is 11.8. The molecule has 1 atom stereocenters. The second kappa shape index (κ2) is 14.1. The van der Waals surface area contributed by atoms with Crippen molar-refractivity contribution in [1.29, 1.82) is 0 Å². The van der Waals surface area contributed by atoms with Gasteiger partial charge in [0.15, 0.2) is 6.61 Å². The van der Waals surface area contributed by atoms with Gasteiger partial charge in [0.1, 0.15) is 18.2 Å². The number of hydrogen-bond donors (Lipinski definition) is 1. The molecular formula is C28H29ClN2O7. The molecule has 1 heterocycles. The molecule has 0 radical (unpaired) electrons. The third kappa shape index (κ3) is 8.57. The molecule has 38 heavy (non-hydrogen) atoms. The van der Waals surface area contributed by atoms with E-state index in [1.807, 2.05) is 43.3 Å². The summed E-state index contributed by atoms with van der Waals surface area (Å²) in [5, 5.41) is 3.10. The summed E-state index contributed by atoms with van der Waals surface area (Å²) in [7, 11) is 1.35. The average molecular weight is 541 g/mol. The fourth-order valence-corrected chi connectivity index (χ4v) is 3.74.